The first-order chi connectivity index (χ1) is 9.46. The van der Waals surface area contributed by atoms with Crippen LogP contribution in [0.15, 0.2) is 24.3 Å². The van der Waals surface area contributed by atoms with Gasteiger partial charge in [0, 0.05) is 31.8 Å². The summed E-state index contributed by atoms with van der Waals surface area (Å²) in [7, 11) is 0. The summed E-state index contributed by atoms with van der Waals surface area (Å²) >= 11 is 0. The second-order valence-corrected chi connectivity index (χ2v) is 6.02. The maximum atomic E-state index is 11.2. The molecule has 2 N–H and O–H groups in total. The standard InChI is InChI=1S/C16H24N2O2/c1-12(19)18-15-7-5-4-6-13(15)11-17-14-8-9-20-16(2,3)10-14/h4-7,14,17H,8-11H2,1-3H3,(H,18,19). The number of carbonyl (C=O) groups is 1. The molecule has 1 fully saturated rings. The molecule has 20 heavy (non-hydrogen) atoms. The highest BCUT2D eigenvalue weighted by Crippen LogP contribution is 2.24. The third-order valence-corrected chi connectivity index (χ3v) is 3.61. The number of para-hydroxylation sites is 1. The van der Waals surface area contributed by atoms with Crippen LogP contribution in [0.5, 0.6) is 0 Å². The summed E-state index contributed by atoms with van der Waals surface area (Å²) in [5, 5.41) is 6.45. The molecule has 1 saturated heterocycles. The van der Waals surface area contributed by atoms with Crippen molar-refractivity contribution in [2.75, 3.05) is 11.9 Å². The van der Waals surface area contributed by atoms with Crippen LogP contribution in [0.2, 0.25) is 0 Å². The molecule has 0 spiro atoms. The molecule has 1 aliphatic rings. The first-order valence-corrected chi connectivity index (χ1v) is 7.19. The minimum Gasteiger partial charge on any atom is -0.375 e. The summed E-state index contributed by atoms with van der Waals surface area (Å²) in [6.45, 7) is 7.36. The fourth-order valence-corrected chi connectivity index (χ4v) is 2.65. The molecule has 110 valence electrons. The molecule has 1 aromatic carbocycles. The Bertz CT molecular complexity index is 471. The highest BCUT2D eigenvalue weighted by molar-refractivity contribution is 5.89. The zero-order valence-electron chi connectivity index (χ0n) is 12.5. The highest BCUT2D eigenvalue weighted by Gasteiger charge is 2.28. The van der Waals surface area contributed by atoms with E-state index in [9.17, 15) is 4.79 Å². The Hall–Kier alpha value is -1.39. The van der Waals surface area contributed by atoms with Gasteiger partial charge in [-0.3, -0.25) is 4.79 Å². The van der Waals surface area contributed by atoms with E-state index in [4.69, 9.17) is 4.74 Å². The van der Waals surface area contributed by atoms with E-state index >= 15 is 0 Å². The van der Waals surface area contributed by atoms with Crippen LogP contribution in [0.3, 0.4) is 0 Å². The molecular weight excluding hydrogens is 252 g/mol. The lowest BCUT2D eigenvalue weighted by Gasteiger charge is -2.36. The van der Waals surface area contributed by atoms with Gasteiger partial charge in [0.25, 0.3) is 0 Å². The number of anilines is 1. The molecule has 1 aromatic rings. The molecule has 2 rings (SSSR count). The fraction of sp³-hybridized carbons (Fsp3) is 0.562. The molecule has 4 nitrogen and oxygen atoms in total. The van der Waals surface area contributed by atoms with Gasteiger partial charge in [0.15, 0.2) is 0 Å². The van der Waals surface area contributed by atoms with Crippen molar-refractivity contribution in [2.45, 2.75) is 51.8 Å². The van der Waals surface area contributed by atoms with E-state index in [-0.39, 0.29) is 11.5 Å². The zero-order chi connectivity index (χ0) is 14.6. The molecule has 0 aliphatic carbocycles. The number of amides is 1. The molecule has 0 radical (unpaired) electrons. The summed E-state index contributed by atoms with van der Waals surface area (Å²) in [5.74, 6) is -0.0374. The molecular formula is C16H24N2O2. The maximum absolute atomic E-state index is 11.2. The molecule has 0 saturated carbocycles. The van der Waals surface area contributed by atoms with E-state index in [1.54, 1.807) is 0 Å². The van der Waals surface area contributed by atoms with Gasteiger partial charge in [-0.1, -0.05) is 18.2 Å². The van der Waals surface area contributed by atoms with Crippen LogP contribution >= 0.6 is 0 Å². The average Bonchev–Trinajstić information content (AvgIpc) is 2.36. The van der Waals surface area contributed by atoms with Crippen LogP contribution in [0.4, 0.5) is 5.69 Å². The van der Waals surface area contributed by atoms with Crippen molar-refractivity contribution in [3.63, 3.8) is 0 Å². The summed E-state index contributed by atoms with van der Waals surface area (Å²) in [4.78, 5) is 11.2. The molecule has 1 aliphatic heterocycles. The quantitative estimate of drug-likeness (QED) is 0.889. The van der Waals surface area contributed by atoms with E-state index < -0.39 is 0 Å². The van der Waals surface area contributed by atoms with Gasteiger partial charge < -0.3 is 15.4 Å². The predicted molar refractivity (Wildman–Crippen MR) is 80.6 cm³/mol. The number of hydrogen-bond donors (Lipinski definition) is 2. The Morgan fingerprint density at radius 1 is 1.40 bits per heavy atom. The lowest BCUT2D eigenvalue weighted by molar-refractivity contribution is -0.114. The molecule has 0 aromatic heterocycles. The predicted octanol–water partition coefficient (Wildman–Crippen LogP) is 2.69. The SMILES string of the molecule is CC(=O)Nc1ccccc1CNC1CCOC(C)(C)C1. The van der Waals surface area contributed by atoms with Gasteiger partial charge in [-0.15, -0.1) is 0 Å². The van der Waals surface area contributed by atoms with E-state index in [1.807, 2.05) is 24.3 Å². The number of ether oxygens (including phenoxy) is 1. The van der Waals surface area contributed by atoms with Crippen LogP contribution in [0.25, 0.3) is 0 Å². The van der Waals surface area contributed by atoms with Crippen LogP contribution in [-0.4, -0.2) is 24.2 Å². The smallest absolute Gasteiger partial charge is 0.221 e. The maximum Gasteiger partial charge on any atom is 0.221 e. The van der Waals surface area contributed by atoms with Gasteiger partial charge >= 0.3 is 0 Å². The van der Waals surface area contributed by atoms with E-state index in [0.29, 0.717) is 6.04 Å². The van der Waals surface area contributed by atoms with Crippen LogP contribution in [-0.2, 0) is 16.1 Å². The van der Waals surface area contributed by atoms with Crippen molar-refractivity contribution in [2.24, 2.45) is 0 Å². The second kappa shape index (κ2) is 6.37. The zero-order valence-corrected chi connectivity index (χ0v) is 12.5. The Morgan fingerprint density at radius 2 is 2.15 bits per heavy atom. The minimum absolute atomic E-state index is 0.0374. The second-order valence-electron chi connectivity index (χ2n) is 6.02. The van der Waals surface area contributed by atoms with Gasteiger partial charge in [0.1, 0.15) is 0 Å². The van der Waals surface area contributed by atoms with E-state index in [0.717, 1.165) is 37.2 Å². The fourth-order valence-electron chi connectivity index (χ4n) is 2.65. The van der Waals surface area contributed by atoms with Crippen LogP contribution < -0.4 is 10.6 Å². The van der Waals surface area contributed by atoms with Gasteiger partial charge in [-0.25, -0.2) is 0 Å². The molecule has 1 atom stereocenters. The highest BCUT2D eigenvalue weighted by atomic mass is 16.5. The summed E-state index contributed by atoms with van der Waals surface area (Å²) in [5.41, 5.74) is 1.96. The molecule has 1 amide bonds. The van der Waals surface area contributed by atoms with Gasteiger partial charge in [0.2, 0.25) is 5.91 Å². The number of benzene rings is 1. The number of hydrogen-bond acceptors (Lipinski definition) is 3. The van der Waals surface area contributed by atoms with E-state index in [2.05, 4.69) is 24.5 Å². The molecule has 0 bridgehead atoms. The van der Waals surface area contributed by atoms with Crippen molar-refractivity contribution in [1.82, 2.24) is 5.32 Å². The lowest BCUT2D eigenvalue weighted by atomic mass is 9.94. The van der Waals surface area contributed by atoms with Crippen LogP contribution in [0, 0.1) is 0 Å². The van der Waals surface area contributed by atoms with Crippen molar-refractivity contribution in [1.29, 1.82) is 0 Å². The summed E-state index contributed by atoms with van der Waals surface area (Å²) in [6.07, 6.45) is 2.04. The first kappa shape index (κ1) is 15.0. The third kappa shape index (κ3) is 4.32. The Morgan fingerprint density at radius 3 is 2.85 bits per heavy atom. The van der Waals surface area contributed by atoms with E-state index in [1.165, 1.54) is 6.92 Å². The Labute approximate surface area is 120 Å². The largest absolute Gasteiger partial charge is 0.375 e. The summed E-state index contributed by atoms with van der Waals surface area (Å²) < 4.78 is 5.73. The third-order valence-electron chi connectivity index (χ3n) is 3.61. The monoisotopic (exact) mass is 276 g/mol. The first-order valence-electron chi connectivity index (χ1n) is 7.19. The Balaban J connectivity index is 1.95. The van der Waals surface area contributed by atoms with Crippen molar-refractivity contribution in [3.8, 4) is 0 Å². The van der Waals surface area contributed by atoms with Crippen molar-refractivity contribution in [3.05, 3.63) is 29.8 Å². The number of carbonyl (C=O) groups excluding carboxylic acids is 1. The topological polar surface area (TPSA) is 50.4 Å². The lowest BCUT2D eigenvalue weighted by Crippen LogP contribution is -2.43. The average molecular weight is 276 g/mol. The van der Waals surface area contributed by atoms with Gasteiger partial charge in [-0.2, -0.15) is 0 Å². The van der Waals surface area contributed by atoms with Crippen LogP contribution in [0.1, 0.15) is 39.2 Å². The minimum atomic E-state index is -0.0485. The Kier molecular flexibility index (Phi) is 4.78. The molecule has 1 unspecified atom stereocenters. The van der Waals surface area contributed by atoms with Crippen molar-refractivity contribution < 1.29 is 9.53 Å². The molecule has 4 heteroatoms. The molecule has 1 heterocycles. The number of nitrogens with one attached hydrogen (secondary N) is 2. The number of rotatable bonds is 4. The van der Waals surface area contributed by atoms with Crippen molar-refractivity contribution >= 4 is 11.6 Å². The van der Waals surface area contributed by atoms with Gasteiger partial charge in [-0.05, 0) is 38.3 Å². The summed E-state index contributed by atoms with van der Waals surface area (Å²) in [6, 6.07) is 8.38. The van der Waals surface area contributed by atoms with Gasteiger partial charge in [0.05, 0.1) is 5.60 Å². The normalized spacial score (nSPS) is 21.4.